The molecule has 0 saturated heterocycles. The number of alkyl halides is 1. The molecule has 0 aliphatic heterocycles. The molecule has 0 spiro atoms. The fraction of sp³-hybridized carbons (Fsp3) is 0.600. The monoisotopic (exact) mass is 198 g/mol. The summed E-state index contributed by atoms with van der Waals surface area (Å²) >= 11 is 5.96. The van der Waals surface area contributed by atoms with Crippen LogP contribution < -0.4 is 0 Å². The van der Waals surface area contributed by atoms with Crippen molar-refractivity contribution in [3.8, 4) is 0 Å². The van der Waals surface area contributed by atoms with Crippen molar-refractivity contribution in [2.45, 2.75) is 38.0 Å². The van der Waals surface area contributed by atoms with Gasteiger partial charge in [-0.15, -0.1) is 11.6 Å². The summed E-state index contributed by atoms with van der Waals surface area (Å²) in [4.78, 5) is 8.33. The van der Waals surface area contributed by atoms with Gasteiger partial charge in [-0.25, -0.2) is 0 Å². The van der Waals surface area contributed by atoms with Crippen LogP contribution in [0.4, 0.5) is 0 Å². The molecule has 0 N–H and O–H groups in total. The van der Waals surface area contributed by atoms with Crippen LogP contribution in [0.25, 0.3) is 0 Å². The molecule has 1 rings (SSSR count). The lowest BCUT2D eigenvalue weighted by Crippen LogP contribution is -2.22. The second-order valence-electron chi connectivity index (χ2n) is 3.96. The zero-order valence-electron chi connectivity index (χ0n) is 8.29. The Bertz CT molecular complexity index is 257. The van der Waals surface area contributed by atoms with E-state index in [4.69, 9.17) is 11.6 Å². The molecule has 1 aromatic rings. The lowest BCUT2D eigenvalue weighted by molar-refractivity contribution is 0.461. The highest BCUT2D eigenvalue weighted by Crippen LogP contribution is 2.27. The minimum atomic E-state index is 0.00935. The van der Waals surface area contributed by atoms with E-state index in [1.807, 2.05) is 6.92 Å². The maximum absolute atomic E-state index is 5.96. The predicted molar refractivity (Wildman–Crippen MR) is 55.0 cm³/mol. The first-order valence-electron chi connectivity index (χ1n) is 4.43. The zero-order valence-corrected chi connectivity index (χ0v) is 9.04. The molecule has 0 bridgehead atoms. The van der Waals surface area contributed by atoms with Crippen LogP contribution in [0.15, 0.2) is 18.6 Å². The van der Waals surface area contributed by atoms with Crippen molar-refractivity contribution in [2.75, 3.05) is 0 Å². The van der Waals surface area contributed by atoms with E-state index >= 15 is 0 Å². The van der Waals surface area contributed by atoms with Gasteiger partial charge in [0.25, 0.3) is 0 Å². The Kier molecular flexibility index (Phi) is 3.26. The summed E-state index contributed by atoms with van der Waals surface area (Å²) < 4.78 is 0. The molecule has 2 nitrogen and oxygen atoms in total. The summed E-state index contributed by atoms with van der Waals surface area (Å²) in [6.07, 6.45) is 6.12. The molecule has 0 amide bonds. The fourth-order valence-electron chi connectivity index (χ4n) is 1.46. The first kappa shape index (κ1) is 10.5. The van der Waals surface area contributed by atoms with Crippen LogP contribution in [0.1, 0.15) is 32.9 Å². The highest BCUT2D eigenvalue weighted by molar-refractivity contribution is 6.20. The van der Waals surface area contributed by atoms with Crippen LogP contribution in [0.2, 0.25) is 0 Å². The van der Waals surface area contributed by atoms with Gasteiger partial charge in [-0.1, -0.05) is 13.8 Å². The standard InChI is InChI=1S/C10H15ClN2/c1-8(11)6-10(2,3)9-7-12-4-5-13-9/h4-5,7-8H,6H2,1-3H3. The largest absolute Gasteiger partial charge is 0.261 e. The van der Waals surface area contributed by atoms with Gasteiger partial charge in [-0.2, -0.15) is 0 Å². The van der Waals surface area contributed by atoms with Gasteiger partial charge in [-0.05, 0) is 13.3 Å². The lowest BCUT2D eigenvalue weighted by atomic mass is 9.85. The van der Waals surface area contributed by atoms with Gasteiger partial charge in [0.15, 0.2) is 0 Å². The minimum absolute atomic E-state index is 0.00935. The van der Waals surface area contributed by atoms with E-state index in [1.54, 1.807) is 18.6 Å². The molecule has 0 aliphatic carbocycles. The molecule has 0 fully saturated rings. The average Bonchev–Trinajstić information content (AvgIpc) is 2.04. The maximum atomic E-state index is 5.96. The van der Waals surface area contributed by atoms with Gasteiger partial charge >= 0.3 is 0 Å². The van der Waals surface area contributed by atoms with Crippen LogP contribution in [0.3, 0.4) is 0 Å². The highest BCUT2D eigenvalue weighted by Gasteiger charge is 2.23. The van der Waals surface area contributed by atoms with E-state index in [0.29, 0.717) is 0 Å². The molecule has 13 heavy (non-hydrogen) atoms. The quantitative estimate of drug-likeness (QED) is 0.699. The number of hydrogen-bond donors (Lipinski definition) is 0. The molecule has 1 atom stereocenters. The smallest absolute Gasteiger partial charge is 0.0643 e. The van der Waals surface area contributed by atoms with Gasteiger partial charge < -0.3 is 0 Å². The molecule has 0 radical (unpaired) electrons. The third kappa shape index (κ3) is 2.96. The summed E-state index contributed by atoms with van der Waals surface area (Å²) in [5, 5.41) is 0.164. The minimum Gasteiger partial charge on any atom is -0.261 e. The van der Waals surface area contributed by atoms with E-state index in [0.717, 1.165) is 12.1 Å². The van der Waals surface area contributed by atoms with Crippen molar-refractivity contribution in [2.24, 2.45) is 0 Å². The Morgan fingerprint density at radius 1 is 1.46 bits per heavy atom. The molecule has 3 heteroatoms. The van der Waals surface area contributed by atoms with Gasteiger partial charge in [-0.3, -0.25) is 9.97 Å². The van der Waals surface area contributed by atoms with Gasteiger partial charge in [0.1, 0.15) is 0 Å². The Hall–Kier alpha value is -0.630. The summed E-state index contributed by atoms with van der Waals surface area (Å²) in [6.45, 7) is 6.27. The Labute approximate surface area is 84.4 Å². The average molecular weight is 199 g/mol. The molecule has 1 unspecified atom stereocenters. The SMILES string of the molecule is CC(Cl)CC(C)(C)c1cnccn1. The van der Waals surface area contributed by atoms with Crippen molar-refractivity contribution in [1.82, 2.24) is 9.97 Å². The molecule has 1 heterocycles. The highest BCUT2D eigenvalue weighted by atomic mass is 35.5. The summed E-state index contributed by atoms with van der Waals surface area (Å²) in [5.74, 6) is 0. The number of nitrogens with zero attached hydrogens (tertiary/aromatic N) is 2. The molecule has 0 aromatic carbocycles. The third-order valence-corrected chi connectivity index (χ3v) is 2.20. The van der Waals surface area contributed by atoms with Crippen LogP contribution in [0, 0.1) is 0 Å². The summed E-state index contributed by atoms with van der Waals surface area (Å²) in [6, 6.07) is 0. The Morgan fingerprint density at radius 2 is 2.15 bits per heavy atom. The molecule has 72 valence electrons. The Balaban J connectivity index is 2.81. The van der Waals surface area contributed by atoms with Crippen molar-refractivity contribution >= 4 is 11.6 Å². The fourth-order valence-corrected chi connectivity index (χ4v) is 1.84. The number of aromatic nitrogens is 2. The topological polar surface area (TPSA) is 25.8 Å². The zero-order chi connectivity index (χ0) is 9.90. The molecule has 0 saturated carbocycles. The van der Waals surface area contributed by atoms with Crippen molar-refractivity contribution in [3.05, 3.63) is 24.3 Å². The second kappa shape index (κ2) is 4.05. The number of halogens is 1. The van der Waals surface area contributed by atoms with Crippen LogP contribution in [0.5, 0.6) is 0 Å². The van der Waals surface area contributed by atoms with Crippen molar-refractivity contribution in [3.63, 3.8) is 0 Å². The van der Waals surface area contributed by atoms with Crippen LogP contribution >= 0.6 is 11.6 Å². The van der Waals surface area contributed by atoms with Gasteiger partial charge in [0.2, 0.25) is 0 Å². The Morgan fingerprint density at radius 3 is 2.62 bits per heavy atom. The van der Waals surface area contributed by atoms with E-state index in [2.05, 4.69) is 23.8 Å². The van der Waals surface area contributed by atoms with E-state index < -0.39 is 0 Å². The molecular weight excluding hydrogens is 184 g/mol. The normalized spacial score (nSPS) is 14.2. The van der Waals surface area contributed by atoms with Gasteiger partial charge in [0, 0.05) is 29.4 Å². The van der Waals surface area contributed by atoms with E-state index in [-0.39, 0.29) is 10.8 Å². The second-order valence-corrected chi connectivity index (χ2v) is 4.70. The number of rotatable bonds is 3. The summed E-state index contributed by atoms with van der Waals surface area (Å²) in [5.41, 5.74) is 1.01. The third-order valence-electron chi connectivity index (χ3n) is 2.05. The van der Waals surface area contributed by atoms with Crippen molar-refractivity contribution in [1.29, 1.82) is 0 Å². The van der Waals surface area contributed by atoms with Crippen molar-refractivity contribution < 1.29 is 0 Å². The maximum Gasteiger partial charge on any atom is 0.0643 e. The predicted octanol–water partition coefficient (Wildman–Crippen LogP) is 2.77. The lowest BCUT2D eigenvalue weighted by Gasteiger charge is -2.24. The molecule has 1 aromatic heterocycles. The first-order valence-corrected chi connectivity index (χ1v) is 4.86. The van der Waals surface area contributed by atoms with E-state index in [9.17, 15) is 0 Å². The first-order chi connectivity index (χ1) is 6.02. The number of hydrogen-bond acceptors (Lipinski definition) is 2. The van der Waals surface area contributed by atoms with E-state index in [1.165, 1.54) is 0 Å². The molecular formula is C10H15ClN2. The van der Waals surface area contributed by atoms with Crippen LogP contribution in [-0.2, 0) is 5.41 Å². The molecule has 0 aliphatic rings. The van der Waals surface area contributed by atoms with Gasteiger partial charge in [0.05, 0.1) is 5.69 Å². The van der Waals surface area contributed by atoms with Crippen LogP contribution in [-0.4, -0.2) is 15.3 Å². The summed E-state index contributed by atoms with van der Waals surface area (Å²) in [7, 11) is 0.